The van der Waals surface area contributed by atoms with E-state index in [4.69, 9.17) is 18.6 Å². The number of carbonyl (C=O) groups excluding carboxylic acids is 1. The van der Waals surface area contributed by atoms with Gasteiger partial charge in [0.05, 0.1) is 19.8 Å². The lowest BCUT2D eigenvalue weighted by molar-refractivity contribution is -0.165. The van der Waals surface area contributed by atoms with E-state index in [1.165, 1.54) is 0 Å². The van der Waals surface area contributed by atoms with Crippen molar-refractivity contribution in [1.29, 1.82) is 0 Å². The van der Waals surface area contributed by atoms with Gasteiger partial charge in [0.1, 0.15) is 17.6 Å². The molecule has 0 aliphatic heterocycles. The number of carbonyl (C=O) groups is 1. The molecule has 0 amide bonds. The molecule has 0 aliphatic carbocycles. The van der Waals surface area contributed by atoms with Crippen molar-refractivity contribution in [2.45, 2.75) is 77.2 Å². The summed E-state index contributed by atoms with van der Waals surface area (Å²) in [4.78, 5) is 12.0. The Morgan fingerprint density at radius 3 is 2.07 bits per heavy atom. The molecule has 0 heterocycles. The summed E-state index contributed by atoms with van der Waals surface area (Å²) in [6.45, 7) is 14.0. The van der Waals surface area contributed by atoms with Crippen molar-refractivity contribution >= 4 is 14.3 Å². The lowest BCUT2D eigenvalue weighted by Crippen LogP contribution is -2.54. The molecule has 1 rings (SSSR count). The van der Waals surface area contributed by atoms with Gasteiger partial charge in [-0.15, -0.1) is 0 Å². The molecule has 0 saturated carbocycles. The smallest absolute Gasteiger partial charge is 0.337 e. The lowest BCUT2D eigenvalue weighted by Gasteiger charge is -2.41. The van der Waals surface area contributed by atoms with Gasteiger partial charge in [0.2, 0.25) is 0 Å². The lowest BCUT2D eigenvalue weighted by atomic mass is 10.0. The highest BCUT2D eigenvalue weighted by molar-refractivity contribution is 6.74. The molecule has 1 aromatic rings. The number of aliphatic hydroxyl groups is 2. The Morgan fingerprint density at radius 1 is 1.10 bits per heavy atom. The van der Waals surface area contributed by atoms with Crippen LogP contribution in [0.3, 0.4) is 0 Å². The number of rotatable bonds is 10. The topological polar surface area (TPSA) is 94.5 Å². The van der Waals surface area contributed by atoms with Gasteiger partial charge in [-0.3, -0.25) is 0 Å². The van der Waals surface area contributed by atoms with Crippen LogP contribution in [0.2, 0.25) is 18.1 Å². The number of hydrogen-bond acceptors (Lipinski definition) is 7. The van der Waals surface area contributed by atoms with Crippen LogP contribution in [0.5, 0.6) is 11.5 Å². The van der Waals surface area contributed by atoms with Gasteiger partial charge < -0.3 is 28.8 Å². The summed E-state index contributed by atoms with van der Waals surface area (Å²) in [7, 11) is -0.632. The molecule has 0 spiro atoms. The van der Waals surface area contributed by atoms with Gasteiger partial charge in [-0.1, -0.05) is 20.8 Å². The zero-order valence-electron chi connectivity index (χ0n) is 18.8. The van der Waals surface area contributed by atoms with Crippen LogP contribution >= 0.6 is 0 Å². The average Bonchev–Trinajstić information content (AvgIpc) is 2.64. The number of benzene rings is 1. The molecule has 29 heavy (non-hydrogen) atoms. The zero-order valence-corrected chi connectivity index (χ0v) is 19.8. The summed E-state index contributed by atoms with van der Waals surface area (Å²) >= 11 is 0. The van der Waals surface area contributed by atoms with Crippen LogP contribution in [0, 0.1) is 0 Å². The van der Waals surface area contributed by atoms with E-state index in [-0.39, 0.29) is 11.6 Å². The molecular weight excluding hydrogens is 392 g/mol. The molecular formula is C21H36O7Si. The van der Waals surface area contributed by atoms with Crippen molar-refractivity contribution in [3.63, 3.8) is 0 Å². The van der Waals surface area contributed by atoms with Gasteiger partial charge >= 0.3 is 5.97 Å². The van der Waals surface area contributed by atoms with E-state index < -0.39 is 38.7 Å². The average molecular weight is 429 g/mol. The Bertz CT molecular complexity index is 639. The number of ether oxygens (including phenoxy) is 3. The summed E-state index contributed by atoms with van der Waals surface area (Å²) in [6.07, 6.45) is -4.85. The molecule has 8 heteroatoms. The zero-order chi connectivity index (χ0) is 22.4. The number of aliphatic hydroxyl groups excluding tert-OH is 2. The van der Waals surface area contributed by atoms with Gasteiger partial charge in [0.25, 0.3) is 0 Å². The molecule has 7 nitrogen and oxygen atoms in total. The van der Waals surface area contributed by atoms with E-state index in [2.05, 4.69) is 33.9 Å². The van der Waals surface area contributed by atoms with Crippen LogP contribution in [0.4, 0.5) is 0 Å². The van der Waals surface area contributed by atoms with Gasteiger partial charge in [-0.05, 0) is 56.2 Å². The molecule has 0 unspecified atom stereocenters. The van der Waals surface area contributed by atoms with Gasteiger partial charge in [0.15, 0.2) is 20.5 Å². The Hall–Kier alpha value is -1.61. The van der Waals surface area contributed by atoms with Crippen LogP contribution in [0.1, 0.15) is 34.6 Å². The monoisotopic (exact) mass is 428 g/mol. The summed E-state index contributed by atoms with van der Waals surface area (Å²) in [5.74, 6) is 0.214. The van der Waals surface area contributed by atoms with Crippen molar-refractivity contribution in [2.75, 3.05) is 13.7 Å². The minimum Gasteiger partial charge on any atom is -0.497 e. The Morgan fingerprint density at radius 2 is 1.62 bits per heavy atom. The van der Waals surface area contributed by atoms with Gasteiger partial charge in [0, 0.05) is 0 Å². The van der Waals surface area contributed by atoms with E-state index >= 15 is 0 Å². The molecule has 2 N–H and O–H groups in total. The third kappa shape index (κ3) is 6.99. The molecule has 4 atom stereocenters. The maximum atomic E-state index is 12.0. The van der Waals surface area contributed by atoms with Crippen molar-refractivity contribution in [1.82, 2.24) is 0 Å². The largest absolute Gasteiger partial charge is 0.497 e. The molecule has 0 bridgehead atoms. The Balaban J connectivity index is 3.13. The minimum atomic E-state index is -2.19. The van der Waals surface area contributed by atoms with Crippen LogP contribution in [0.15, 0.2) is 24.3 Å². The second kappa shape index (κ2) is 10.4. The van der Waals surface area contributed by atoms with Crippen molar-refractivity contribution < 1.29 is 33.6 Å². The fraction of sp³-hybridized carbons (Fsp3) is 0.667. The first-order valence-corrected chi connectivity index (χ1v) is 12.8. The highest BCUT2D eigenvalue weighted by Gasteiger charge is 2.43. The second-order valence-electron chi connectivity index (χ2n) is 8.53. The summed E-state index contributed by atoms with van der Waals surface area (Å²) in [6, 6.07) is 6.82. The van der Waals surface area contributed by atoms with Crippen LogP contribution in [-0.2, 0) is 14.0 Å². The summed E-state index contributed by atoms with van der Waals surface area (Å²) in [5.41, 5.74) is 0. The fourth-order valence-corrected chi connectivity index (χ4v) is 3.93. The third-order valence-corrected chi connectivity index (χ3v) is 9.84. The first kappa shape index (κ1) is 25.4. The molecule has 0 aliphatic rings. The first-order chi connectivity index (χ1) is 13.3. The molecule has 166 valence electrons. The predicted octanol–water partition coefficient (Wildman–Crippen LogP) is 3.14. The highest BCUT2D eigenvalue weighted by atomic mass is 28.4. The summed E-state index contributed by atoms with van der Waals surface area (Å²) in [5, 5.41) is 21.0. The van der Waals surface area contributed by atoms with Gasteiger partial charge in [-0.2, -0.15) is 0 Å². The normalized spacial score (nSPS) is 16.5. The second-order valence-corrected chi connectivity index (χ2v) is 13.3. The predicted molar refractivity (Wildman–Crippen MR) is 114 cm³/mol. The van der Waals surface area contributed by atoms with Crippen LogP contribution in [-0.4, -0.2) is 62.6 Å². The van der Waals surface area contributed by atoms with E-state index in [1.807, 2.05) is 0 Å². The third-order valence-electron chi connectivity index (χ3n) is 5.27. The molecule has 0 saturated heterocycles. The maximum Gasteiger partial charge on any atom is 0.337 e. The standard InChI is InChI=1S/C21H36O7Si/c1-9-26-20(24)18(23)17(22)19(14(2)28-29(7,8)21(3,4)5)27-16-12-10-15(25-6)11-13-16/h10-14,17-19,22-23H,9H2,1-8H3/t14-,17-,18-,19+/m0/s1. The Kier molecular flexibility index (Phi) is 9.14. The van der Waals surface area contributed by atoms with E-state index in [0.29, 0.717) is 11.5 Å². The molecule has 0 fully saturated rings. The van der Waals surface area contributed by atoms with Gasteiger partial charge in [-0.25, -0.2) is 4.79 Å². The maximum absolute atomic E-state index is 12.0. The minimum absolute atomic E-state index is 0.0589. The Labute approximate surface area is 175 Å². The number of methoxy groups -OCH3 is 1. The highest BCUT2D eigenvalue weighted by Crippen LogP contribution is 2.38. The molecule has 0 aromatic heterocycles. The summed E-state index contributed by atoms with van der Waals surface area (Å²) < 4.78 is 22.3. The van der Waals surface area contributed by atoms with E-state index in [0.717, 1.165) is 0 Å². The first-order valence-electron chi connectivity index (χ1n) is 9.85. The van der Waals surface area contributed by atoms with Crippen LogP contribution in [0.25, 0.3) is 0 Å². The van der Waals surface area contributed by atoms with Crippen molar-refractivity contribution in [2.24, 2.45) is 0 Å². The number of hydrogen-bond donors (Lipinski definition) is 2. The van der Waals surface area contributed by atoms with Crippen molar-refractivity contribution in [3.05, 3.63) is 24.3 Å². The molecule has 0 radical (unpaired) electrons. The molecule has 1 aromatic carbocycles. The van der Waals surface area contributed by atoms with Crippen LogP contribution < -0.4 is 9.47 Å². The van der Waals surface area contributed by atoms with E-state index in [9.17, 15) is 15.0 Å². The SMILES string of the molecule is CCOC(=O)[C@@H](O)[C@H](O)[C@H](Oc1ccc(OC)cc1)[C@H](C)O[Si](C)(C)C(C)(C)C. The quantitative estimate of drug-likeness (QED) is 0.437. The van der Waals surface area contributed by atoms with E-state index in [1.54, 1.807) is 45.2 Å². The fourth-order valence-electron chi connectivity index (χ4n) is 2.51. The number of esters is 1. The van der Waals surface area contributed by atoms with Crippen molar-refractivity contribution in [3.8, 4) is 11.5 Å².